The summed E-state index contributed by atoms with van der Waals surface area (Å²) in [6.07, 6.45) is 0.156. The number of benzene rings is 3. The molecule has 0 radical (unpaired) electrons. The number of carbonyl (C=O) groups excluding carboxylic acids is 1. The van der Waals surface area contributed by atoms with Crippen LogP contribution in [0.5, 0.6) is 0 Å². The molecular weight excluding hydrogens is 374 g/mol. The fourth-order valence-electron chi connectivity index (χ4n) is 3.50. The molecule has 3 aromatic carbocycles. The third kappa shape index (κ3) is 2.88. The van der Waals surface area contributed by atoms with E-state index in [2.05, 4.69) is 0 Å². The molecule has 0 bridgehead atoms. The number of nitriles is 1. The van der Waals surface area contributed by atoms with Crippen molar-refractivity contribution in [3.8, 4) is 6.07 Å². The Morgan fingerprint density at radius 3 is 2.43 bits per heavy atom. The topological polar surface area (TPSA) is 81.5 Å². The summed E-state index contributed by atoms with van der Waals surface area (Å²) in [5, 5.41) is 10.4. The Bertz CT molecular complexity index is 1200. The second kappa shape index (κ2) is 6.98. The van der Waals surface area contributed by atoms with Crippen LogP contribution in [0.25, 0.3) is 10.8 Å². The van der Waals surface area contributed by atoms with Crippen LogP contribution in [0.15, 0.2) is 71.6 Å². The van der Waals surface area contributed by atoms with Crippen molar-refractivity contribution in [3.05, 3.63) is 66.7 Å². The number of sulfonamides is 1. The third-order valence-corrected chi connectivity index (χ3v) is 6.58. The molecule has 4 rings (SSSR count). The number of para-hydroxylation sites is 1. The van der Waals surface area contributed by atoms with Gasteiger partial charge in [0.05, 0.1) is 23.1 Å². The van der Waals surface area contributed by atoms with Crippen LogP contribution in [-0.2, 0) is 14.8 Å². The van der Waals surface area contributed by atoms with Gasteiger partial charge in [-0.1, -0.05) is 42.5 Å². The predicted molar refractivity (Wildman–Crippen MR) is 108 cm³/mol. The van der Waals surface area contributed by atoms with Crippen molar-refractivity contribution in [1.82, 2.24) is 0 Å². The molecule has 1 heterocycles. The summed E-state index contributed by atoms with van der Waals surface area (Å²) < 4.78 is 27.3. The zero-order valence-electron chi connectivity index (χ0n) is 14.9. The summed E-state index contributed by atoms with van der Waals surface area (Å²) in [4.78, 5) is 14.8. The Labute approximate surface area is 163 Å². The normalized spacial score (nSPS) is 14.0. The van der Waals surface area contributed by atoms with Crippen molar-refractivity contribution in [2.75, 3.05) is 22.3 Å². The molecule has 0 aliphatic carbocycles. The lowest BCUT2D eigenvalue weighted by molar-refractivity contribution is -0.117. The standard InChI is InChI=1S/C21H17N3O3S/c22-13-6-14-23(17-9-2-1-3-10-17)20(25)15-24-18-11-4-7-16-8-5-12-19(21(16)18)28(24,26)27/h1-5,7-12H,6,14-15H2. The summed E-state index contributed by atoms with van der Waals surface area (Å²) in [5.74, 6) is -0.380. The molecule has 3 aromatic rings. The van der Waals surface area contributed by atoms with Gasteiger partial charge in [0.2, 0.25) is 5.91 Å². The molecule has 0 N–H and O–H groups in total. The number of carbonyl (C=O) groups is 1. The Balaban J connectivity index is 1.71. The van der Waals surface area contributed by atoms with Crippen molar-refractivity contribution in [3.63, 3.8) is 0 Å². The maximum absolute atomic E-state index is 13.1. The second-order valence-electron chi connectivity index (χ2n) is 6.43. The lowest BCUT2D eigenvalue weighted by Gasteiger charge is -2.25. The SMILES string of the molecule is N#CCCN(C(=O)CN1c2cccc3cccc(c23)S1(=O)=O)c1ccccc1. The molecule has 1 aliphatic heterocycles. The highest BCUT2D eigenvalue weighted by Crippen LogP contribution is 2.41. The molecule has 6 nitrogen and oxygen atoms in total. The third-order valence-electron chi connectivity index (χ3n) is 4.78. The van der Waals surface area contributed by atoms with Crippen molar-refractivity contribution in [1.29, 1.82) is 5.26 Å². The Morgan fingerprint density at radius 2 is 1.71 bits per heavy atom. The molecule has 0 fully saturated rings. The maximum Gasteiger partial charge on any atom is 0.265 e. The van der Waals surface area contributed by atoms with Crippen LogP contribution in [-0.4, -0.2) is 27.4 Å². The average Bonchev–Trinajstić information content (AvgIpc) is 2.92. The lowest BCUT2D eigenvalue weighted by Crippen LogP contribution is -2.42. The highest BCUT2D eigenvalue weighted by Gasteiger charge is 2.37. The molecule has 0 unspecified atom stereocenters. The van der Waals surface area contributed by atoms with Gasteiger partial charge in [-0.2, -0.15) is 5.26 Å². The maximum atomic E-state index is 13.1. The molecule has 7 heteroatoms. The summed E-state index contributed by atoms with van der Waals surface area (Å²) in [5.41, 5.74) is 1.14. The number of nitrogens with zero attached hydrogens (tertiary/aromatic N) is 3. The fraction of sp³-hybridized carbons (Fsp3) is 0.143. The number of rotatable bonds is 5. The van der Waals surface area contributed by atoms with Crippen LogP contribution in [0.1, 0.15) is 6.42 Å². The molecule has 140 valence electrons. The molecule has 0 aromatic heterocycles. The minimum Gasteiger partial charge on any atom is -0.310 e. The van der Waals surface area contributed by atoms with Crippen molar-refractivity contribution < 1.29 is 13.2 Å². The number of hydrogen-bond donors (Lipinski definition) is 0. The van der Waals surface area contributed by atoms with E-state index in [0.29, 0.717) is 16.8 Å². The van der Waals surface area contributed by atoms with Gasteiger partial charge in [-0.15, -0.1) is 0 Å². The summed E-state index contributed by atoms with van der Waals surface area (Å²) in [7, 11) is -3.81. The van der Waals surface area contributed by atoms with Crippen LogP contribution in [0, 0.1) is 11.3 Å². The van der Waals surface area contributed by atoms with E-state index in [0.717, 1.165) is 9.69 Å². The van der Waals surface area contributed by atoms with Gasteiger partial charge in [-0.3, -0.25) is 9.10 Å². The van der Waals surface area contributed by atoms with E-state index in [1.807, 2.05) is 24.3 Å². The summed E-state index contributed by atoms with van der Waals surface area (Å²) >= 11 is 0. The zero-order chi connectivity index (χ0) is 19.7. The highest BCUT2D eigenvalue weighted by atomic mass is 32.2. The first-order chi connectivity index (χ1) is 13.5. The Morgan fingerprint density at radius 1 is 1.00 bits per heavy atom. The van der Waals surface area contributed by atoms with Gasteiger partial charge in [0.1, 0.15) is 6.54 Å². The van der Waals surface area contributed by atoms with Crippen LogP contribution in [0.4, 0.5) is 11.4 Å². The minimum absolute atomic E-state index is 0.156. The fourth-order valence-corrected chi connectivity index (χ4v) is 5.16. The molecule has 0 atom stereocenters. The van der Waals surface area contributed by atoms with Gasteiger partial charge in [0.25, 0.3) is 10.0 Å². The van der Waals surface area contributed by atoms with E-state index >= 15 is 0 Å². The monoisotopic (exact) mass is 391 g/mol. The summed E-state index contributed by atoms with van der Waals surface area (Å²) in [6, 6.07) is 21.5. The molecule has 0 spiro atoms. The van der Waals surface area contributed by atoms with Gasteiger partial charge in [-0.05, 0) is 29.7 Å². The molecule has 1 aliphatic rings. The van der Waals surface area contributed by atoms with Crippen molar-refractivity contribution in [2.45, 2.75) is 11.3 Å². The predicted octanol–water partition coefficient (Wildman–Crippen LogP) is 3.30. The van der Waals surface area contributed by atoms with E-state index in [1.54, 1.807) is 48.5 Å². The first kappa shape index (κ1) is 18.0. The van der Waals surface area contributed by atoms with Gasteiger partial charge >= 0.3 is 0 Å². The highest BCUT2D eigenvalue weighted by molar-refractivity contribution is 7.93. The van der Waals surface area contributed by atoms with E-state index in [4.69, 9.17) is 5.26 Å². The van der Waals surface area contributed by atoms with E-state index in [-0.39, 0.29) is 30.3 Å². The van der Waals surface area contributed by atoms with Crippen molar-refractivity contribution in [2.24, 2.45) is 0 Å². The molecule has 28 heavy (non-hydrogen) atoms. The van der Waals surface area contributed by atoms with Crippen LogP contribution in [0.2, 0.25) is 0 Å². The smallest absolute Gasteiger partial charge is 0.265 e. The Hall–Kier alpha value is -3.37. The van der Waals surface area contributed by atoms with E-state index in [9.17, 15) is 13.2 Å². The number of amides is 1. The number of anilines is 2. The van der Waals surface area contributed by atoms with Crippen LogP contribution < -0.4 is 9.21 Å². The Kier molecular flexibility index (Phi) is 4.49. The molecular formula is C21H17N3O3S. The first-order valence-electron chi connectivity index (χ1n) is 8.81. The van der Waals surface area contributed by atoms with Crippen LogP contribution in [0.3, 0.4) is 0 Å². The molecule has 1 amide bonds. The quantitative estimate of drug-likeness (QED) is 0.668. The van der Waals surface area contributed by atoms with Gasteiger partial charge < -0.3 is 4.90 Å². The van der Waals surface area contributed by atoms with Crippen LogP contribution >= 0.6 is 0 Å². The largest absolute Gasteiger partial charge is 0.310 e. The van der Waals surface area contributed by atoms with Gasteiger partial charge in [-0.25, -0.2) is 8.42 Å². The van der Waals surface area contributed by atoms with E-state index in [1.165, 1.54) is 4.90 Å². The minimum atomic E-state index is -3.81. The van der Waals surface area contributed by atoms with Crippen molar-refractivity contribution >= 4 is 38.1 Å². The molecule has 0 saturated carbocycles. The first-order valence-corrected chi connectivity index (χ1v) is 10.2. The molecule has 0 saturated heterocycles. The lowest BCUT2D eigenvalue weighted by atomic mass is 10.1. The van der Waals surface area contributed by atoms with E-state index < -0.39 is 10.0 Å². The number of hydrogen-bond acceptors (Lipinski definition) is 4. The van der Waals surface area contributed by atoms with Gasteiger partial charge in [0.15, 0.2) is 0 Å². The average molecular weight is 391 g/mol. The second-order valence-corrected chi connectivity index (χ2v) is 8.26. The summed E-state index contributed by atoms with van der Waals surface area (Å²) in [6.45, 7) is -0.124. The van der Waals surface area contributed by atoms with Gasteiger partial charge in [0, 0.05) is 17.6 Å². The zero-order valence-corrected chi connectivity index (χ0v) is 15.8.